The first-order chi connectivity index (χ1) is 12.4. The van der Waals surface area contributed by atoms with E-state index >= 15 is 0 Å². The van der Waals surface area contributed by atoms with Crippen LogP contribution in [-0.4, -0.2) is 58.4 Å². The van der Waals surface area contributed by atoms with Crippen molar-refractivity contribution in [3.8, 4) is 11.5 Å². The van der Waals surface area contributed by atoms with Crippen LogP contribution in [0.1, 0.15) is 43.2 Å². The molecule has 2 bridgehead atoms. The van der Waals surface area contributed by atoms with Gasteiger partial charge < -0.3 is 43.4 Å². The average Bonchev–Trinajstić information content (AvgIpc) is 3.32. The fourth-order valence-corrected chi connectivity index (χ4v) is 6.94. The molecule has 1 aromatic carbocycles. The maximum absolute atomic E-state index is 12.8. The van der Waals surface area contributed by atoms with Crippen molar-refractivity contribution in [3.63, 3.8) is 0 Å². The number of benzene rings is 1. The highest BCUT2D eigenvalue weighted by atomic mass is 127. The lowest BCUT2D eigenvalue weighted by Gasteiger charge is -2.64. The normalized spacial score (nSPS) is 43.6. The number of Topliss-reactive ketones (excluding diaryl/α,β-unsaturated/α-hetero) is 1. The van der Waals surface area contributed by atoms with Gasteiger partial charge in [-0.1, -0.05) is 6.07 Å². The molecule has 1 saturated heterocycles. The SMILES string of the molecule is C[N@+]1(CC2CC2)CC[C@]23c4c5ccc(O)c4O[C@H]2C(=O)CC[C@@]3(O)[C@H]1C5.[I-]. The minimum absolute atomic E-state index is 0. The fourth-order valence-electron chi connectivity index (χ4n) is 6.94. The van der Waals surface area contributed by atoms with Crippen molar-refractivity contribution in [2.45, 2.75) is 61.7 Å². The number of likely N-dealkylation sites (N-methyl/N-ethyl adjacent to an activating group) is 1. The van der Waals surface area contributed by atoms with E-state index < -0.39 is 17.1 Å². The minimum Gasteiger partial charge on any atom is -1.00 e. The maximum atomic E-state index is 12.8. The van der Waals surface area contributed by atoms with Crippen LogP contribution in [0.5, 0.6) is 11.5 Å². The third-order valence-corrected chi connectivity index (χ3v) is 8.28. The molecule has 5 atom stereocenters. The van der Waals surface area contributed by atoms with Gasteiger partial charge in [0.05, 0.1) is 25.6 Å². The van der Waals surface area contributed by atoms with E-state index in [9.17, 15) is 15.0 Å². The molecule has 1 spiro atoms. The van der Waals surface area contributed by atoms with E-state index in [4.69, 9.17) is 4.74 Å². The van der Waals surface area contributed by atoms with Crippen LogP contribution in [0.4, 0.5) is 0 Å². The molecule has 0 radical (unpaired) electrons. The number of ether oxygens (including phenoxy) is 1. The van der Waals surface area contributed by atoms with Gasteiger partial charge in [0.15, 0.2) is 23.4 Å². The van der Waals surface area contributed by atoms with Crippen molar-refractivity contribution in [2.75, 3.05) is 20.1 Å². The second-order valence-electron chi connectivity index (χ2n) is 9.61. The van der Waals surface area contributed by atoms with Crippen LogP contribution >= 0.6 is 0 Å². The van der Waals surface area contributed by atoms with E-state index in [0.717, 1.165) is 47.5 Å². The number of carbonyl (C=O) groups is 1. The molecule has 0 aromatic heterocycles. The molecule has 2 N–H and O–H groups in total. The smallest absolute Gasteiger partial charge is 0.174 e. The molecular weight excluding hydrogens is 457 g/mol. The van der Waals surface area contributed by atoms with Gasteiger partial charge in [-0.3, -0.25) is 4.79 Å². The lowest BCUT2D eigenvalue weighted by Crippen LogP contribution is -3.00. The molecule has 0 amide bonds. The van der Waals surface area contributed by atoms with Crippen molar-refractivity contribution in [1.29, 1.82) is 0 Å². The highest BCUT2D eigenvalue weighted by Crippen LogP contribution is 2.65. The van der Waals surface area contributed by atoms with Crippen LogP contribution in [0.2, 0.25) is 0 Å². The largest absolute Gasteiger partial charge is 1.00 e. The zero-order valence-corrected chi connectivity index (χ0v) is 17.7. The highest BCUT2D eigenvalue weighted by molar-refractivity contribution is 5.90. The summed E-state index contributed by atoms with van der Waals surface area (Å²) in [5, 5.41) is 22.5. The lowest BCUT2D eigenvalue weighted by molar-refractivity contribution is -0.950. The van der Waals surface area contributed by atoms with Crippen molar-refractivity contribution in [2.24, 2.45) is 5.92 Å². The summed E-state index contributed by atoms with van der Waals surface area (Å²) in [6, 6.07) is 3.77. The number of halogens is 1. The summed E-state index contributed by atoms with van der Waals surface area (Å²) in [5.74, 6) is 1.42. The second-order valence-corrected chi connectivity index (χ2v) is 9.61. The van der Waals surface area contributed by atoms with Gasteiger partial charge in [-0.25, -0.2) is 0 Å². The summed E-state index contributed by atoms with van der Waals surface area (Å²) in [4.78, 5) is 12.8. The van der Waals surface area contributed by atoms with Gasteiger partial charge in [0.1, 0.15) is 11.6 Å². The van der Waals surface area contributed by atoms with Crippen LogP contribution in [0.15, 0.2) is 12.1 Å². The van der Waals surface area contributed by atoms with Crippen LogP contribution < -0.4 is 28.7 Å². The minimum atomic E-state index is -0.931. The number of quaternary nitrogens is 1. The van der Waals surface area contributed by atoms with E-state index in [1.54, 1.807) is 6.07 Å². The van der Waals surface area contributed by atoms with Crippen LogP contribution in [0.3, 0.4) is 0 Å². The summed E-state index contributed by atoms with van der Waals surface area (Å²) >= 11 is 0. The predicted molar refractivity (Wildman–Crippen MR) is 94.1 cm³/mol. The number of carbonyl (C=O) groups excluding carboxylic acids is 1. The van der Waals surface area contributed by atoms with Crippen LogP contribution in [0, 0.1) is 5.92 Å². The number of rotatable bonds is 2. The van der Waals surface area contributed by atoms with E-state index in [1.807, 2.05) is 6.07 Å². The summed E-state index contributed by atoms with van der Waals surface area (Å²) in [6.45, 7) is 2.09. The molecule has 6 rings (SSSR count). The first kappa shape index (κ1) is 18.2. The van der Waals surface area contributed by atoms with Gasteiger partial charge >= 0.3 is 0 Å². The zero-order chi connectivity index (χ0) is 17.9. The lowest BCUT2D eigenvalue weighted by atomic mass is 9.48. The quantitative estimate of drug-likeness (QED) is 0.405. The molecule has 2 saturated carbocycles. The zero-order valence-electron chi connectivity index (χ0n) is 15.6. The fraction of sp³-hybridized carbons (Fsp3) is 0.667. The number of hydrogen-bond acceptors (Lipinski definition) is 4. The number of phenolic OH excluding ortho intramolecular Hbond substituents is 1. The number of aliphatic hydroxyl groups is 1. The molecule has 5 aliphatic rings. The molecule has 1 aromatic rings. The van der Waals surface area contributed by atoms with Crippen molar-refractivity contribution in [1.82, 2.24) is 0 Å². The Balaban J connectivity index is 0.00000160. The Morgan fingerprint density at radius 3 is 2.81 bits per heavy atom. The molecule has 5 nitrogen and oxygen atoms in total. The van der Waals surface area contributed by atoms with Crippen molar-refractivity contribution < 1.29 is 48.2 Å². The first-order valence-electron chi connectivity index (χ1n) is 10.0. The third kappa shape index (κ3) is 2.00. The van der Waals surface area contributed by atoms with Gasteiger partial charge in [0, 0.05) is 30.7 Å². The number of ketones is 1. The van der Waals surface area contributed by atoms with E-state index in [-0.39, 0.29) is 41.6 Å². The van der Waals surface area contributed by atoms with E-state index in [2.05, 4.69) is 7.05 Å². The summed E-state index contributed by atoms with van der Waals surface area (Å²) < 4.78 is 6.98. The van der Waals surface area contributed by atoms with E-state index in [1.165, 1.54) is 12.8 Å². The predicted octanol–water partition coefficient (Wildman–Crippen LogP) is -1.33. The Labute approximate surface area is 176 Å². The van der Waals surface area contributed by atoms with Crippen molar-refractivity contribution in [3.05, 3.63) is 23.3 Å². The van der Waals surface area contributed by atoms with Gasteiger partial charge in [-0.15, -0.1) is 0 Å². The maximum Gasteiger partial charge on any atom is 0.174 e. The number of phenols is 1. The number of likely N-dealkylation sites (tertiary alicyclic amines) is 1. The number of aromatic hydroxyl groups is 1. The Kier molecular flexibility index (Phi) is 3.63. The summed E-state index contributed by atoms with van der Waals surface area (Å²) in [6.07, 6.45) is 4.42. The van der Waals surface area contributed by atoms with Gasteiger partial charge in [0.2, 0.25) is 0 Å². The Morgan fingerprint density at radius 2 is 2.07 bits per heavy atom. The monoisotopic (exact) mass is 483 g/mol. The van der Waals surface area contributed by atoms with E-state index in [0.29, 0.717) is 18.6 Å². The molecule has 0 unspecified atom stereocenters. The molecule has 3 fully saturated rings. The highest BCUT2D eigenvalue weighted by Gasteiger charge is 2.76. The molecule has 27 heavy (non-hydrogen) atoms. The summed E-state index contributed by atoms with van der Waals surface area (Å²) in [5.41, 5.74) is 0.492. The molecule has 3 aliphatic carbocycles. The van der Waals surface area contributed by atoms with Crippen LogP contribution in [-0.2, 0) is 16.6 Å². The second kappa shape index (κ2) is 5.39. The topological polar surface area (TPSA) is 66.8 Å². The Morgan fingerprint density at radius 1 is 1.30 bits per heavy atom. The molecule has 146 valence electrons. The average molecular weight is 483 g/mol. The third-order valence-electron chi connectivity index (χ3n) is 8.28. The molecule has 2 aliphatic heterocycles. The molecular formula is C21H26INO4. The van der Waals surface area contributed by atoms with Gasteiger partial charge in [-0.05, 0) is 30.9 Å². The van der Waals surface area contributed by atoms with Gasteiger partial charge in [0.25, 0.3) is 0 Å². The number of nitrogens with zero attached hydrogens (tertiary/aromatic N) is 1. The van der Waals surface area contributed by atoms with Crippen LogP contribution in [0.25, 0.3) is 0 Å². The van der Waals surface area contributed by atoms with Crippen molar-refractivity contribution >= 4 is 5.78 Å². The standard InChI is InChI=1S/C21H25NO4.HI/c1-22(11-12-2-3-12)9-8-20-17-13-4-5-14(23)18(17)26-19(20)15(24)6-7-21(20,25)16(22)10-13;/h4-5,12,16,19,25H,2-3,6-11H2,1H3;1H/t16-,19+,20+,21-,22-;/m1./s1. The molecule has 6 heteroatoms. The molecule has 2 heterocycles. The Bertz CT molecular complexity index is 855. The summed E-state index contributed by atoms with van der Waals surface area (Å²) in [7, 11) is 2.31. The Hall–Kier alpha value is -0.860. The first-order valence-corrected chi connectivity index (χ1v) is 10.0. The van der Waals surface area contributed by atoms with Gasteiger partial charge in [-0.2, -0.15) is 0 Å². The number of hydrogen-bond donors (Lipinski definition) is 2. The number of piperidine rings is 1.